The predicted octanol–water partition coefficient (Wildman–Crippen LogP) is 2.73. The SMILES string of the molecule is CCC(=O)NCCNC(=O)c1ccc(NC(=O)/C=C/c2ccc(F)cc2)cc1. The molecule has 0 aliphatic rings. The Bertz CT molecular complexity index is 846. The van der Waals surface area contributed by atoms with E-state index in [1.807, 2.05) is 0 Å². The van der Waals surface area contributed by atoms with Gasteiger partial charge in [0.05, 0.1) is 0 Å². The highest BCUT2D eigenvalue weighted by Gasteiger charge is 2.06. The largest absolute Gasteiger partial charge is 0.354 e. The summed E-state index contributed by atoms with van der Waals surface area (Å²) in [7, 11) is 0. The number of benzene rings is 2. The maximum Gasteiger partial charge on any atom is 0.251 e. The number of amides is 3. The van der Waals surface area contributed by atoms with E-state index in [1.165, 1.54) is 18.2 Å². The standard InChI is InChI=1S/C21H22FN3O3/c1-2-19(26)23-13-14-24-21(28)16-6-10-18(11-7-16)25-20(27)12-5-15-3-8-17(22)9-4-15/h3-12H,2,13-14H2,1H3,(H,23,26)(H,24,28)(H,25,27)/b12-5+. The Kier molecular flexibility index (Phi) is 7.90. The van der Waals surface area contributed by atoms with Crippen molar-refractivity contribution in [2.24, 2.45) is 0 Å². The summed E-state index contributed by atoms with van der Waals surface area (Å²) in [5.41, 5.74) is 1.70. The summed E-state index contributed by atoms with van der Waals surface area (Å²) in [6.07, 6.45) is 3.33. The number of anilines is 1. The number of nitrogens with one attached hydrogen (secondary N) is 3. The van der Waals surface area contributed by atoms with Crippen molar-refractivity contribution in [2.45, 2.75) is 13.3 Å². The summed E-state index contributed by atoms with van der Waals surface area (Å²) in [6.45, 7) is 2.46. The molecule has 28 heavy (non-hydrogen) atoms. The molecule has 0 heterocycles. The molecule has 6 nitrogen and oxygen atoms in total. The van der Waals surface area contributed by atoms with E-state index in [-0.39, 0.29) is 23.5 Å². The predicted molar refractivity (Wildman–Crippen MR) is 106 cm³/mol. The molecular weight excluding hydrogens is 361 g/mol. The van der Waals surface area contributed by atoms with Gasteiger partial charge in [0.25, 0.3) is 5.91 Å². The Labute approximate surface area is 162 Å². The van der Waals surface area contributed by atoms with Crippen molar-refractivity contribution < 1.29 is 18.8 Å². The Balaban J connectivity index is 1.81. The molecule has 3 N–H and O–H groups in total. The maximum absolute atomic E-state index is 12.8. The monoisotopic (exact) mass is 383 g/mol. The van der Waals surface area contributed by atoms with Crippen molar-refractivity contribution >= 4 is 29.5 Å². The second-order valence-electron chi connectivity index (χ2n) is 5.91. The lowest BCUT2D eigenvalue weighted by Gasteiger charge is -2.07. The minimum Gasteiger partial charge on any atom is -0.354 e. The van der Waals surface area contributed by atoms with Crippen molar-refractivity contribution in [2.75, 3.05) is 18.4 Å². The van der Waals surface area contributed by atoms with Crippen LogP contribution in [0.25, 0.3) is 6.08 Å². The first-order valence-corrected chi connectivity index (χ1v) is 8.87. The van der Waals surface area contributed by atoms with Crippen molar-refractivity contribution in [3.8, 4) is 0 Å². The fourth-order valence-corrected chi connectivity index (χ4v) is 2.24. The second-order valence-corrected chi connectivity index (χ2v) is 5.91. The van der Waals surface area contributed by atoms with Crippen LogP contribution in [0.2, 0.25) is 0 Å². The summed E-state index contributed by atoms with van der Waals surface area (Å²) in [5.74, 6) is -1.01. The normalized spacial score (nSPS) is 10.5. The highest BCUT2D eigenvalue weighted by atomic mass is 19.1. The number of rotatable bonds is 8. The molecule has 2 aromatic carbocycles. The maximum atomic E-state index is 12.8. The van der Waals surface area contributed by atoms with Gasteiger partial charge in [-0.3, -0.25) is 14.4 Å². The van der Waals surface area contributed by atoms with Crippen LogP contribution in [0.4, 0.5) is 10.1 Å². The molecule has 0 aliphatic heterocycles. The molecular formula is C21H22FN3O3. The van der Waals surface area contributed by atoms with Crippen LogP contribution in [0.3, 0.4) is 0 Å². The fraction of sp³-hybridized carbons (Fsp3) is 0.190. The van der Waals surface area contributed by atoms with Crippen molar-refractivity contribution in [3.63, 3.8) is 0 Å². The van der Waals surface area contributed by atoms with Crippen LogP contribution in [-0.4, -0.2) is 30.8 Å². The molecule has 2 aromatic rings. The van der Waals surface area contributed by atoms with E-state index < -0.39 is 0 Å². The molecule has 3 amide bonds. The Morgan fingerprint density at radius 3 is 2.21 bits per heavy atom. The molecule has 0 saturated heterocycles. The minimum atomic E-state index is -0.340. The van der Waals surface area contributed by atoms with Gasteiger partial charge < -0.3 is 16.0 Å². The highest BCUT2D eigenvalue weighted by molar-refractivity contribution is 6.02. The first-order valence-electron chi connectivity index (χ1n) is 8.87. The van der Waals surface area contributed by atoms with E-state index in [0.717, 1.165) is 0 Å². The van der Waals surface area contributed by atoms with E-state index in [2.05, 4.69) is 16.0 Å². The van der Waals surface area contributed by atoms with Crippen LogP contribution >= 0.6 is 0 Å². The molecule has 146 valence electrons. The lowest BCUT2D eigenvalue weighted by Crippen LogP contribution is -2.34. The zero-order valence-electron chi connectivity index (χ0n) is 15.5. The molecule has 7 heteroatoms. The molecule has 0 aromatic heterocycles. The summed E-state index contributed by atoms with van der Waals surface area (Å²) in [4.78, 5) is 35.1. The molecule has 0 aliphatic carbocycles. The summed E-state index contributed by atoms with van der Waals surface area (Å²) in [5, 5.41) is 8.05. The first-order chi connectivity index (χ1) is 13.5. The second kappa shape index (κ2) is 10.6. The van der Waals surface area contributed by atoms with Crippen LogP contribution in [0.1, 0.15) is 29.3 Å². The van der Waals surface area contributed by atoms with Crippen LogP contribution in [0.15, 0.2) is 54.6 Å². The number of hydrogen-bond donors (Lipinski definition) is 3. The summed E-state index contributed by atoms with van der Waals surface area (Å²) >= 11 is 0. The van der Waals surface area contributed by atoms with Crippen LogP contribution in [-0.2, 0) is 9.59 Å². The average molecular weight is 383 g/mol. The molecule has 0 saturated carbocycles. The zero-order chi connectivity index (χ0) is 20.4. The van der Waals surface area contributed by atoms with Crippen LogP contribution < -0.4 is 16.0 Å². The smallest absolute Gasteiger partial charge is 0.251 e. The quantitative estimate of drug-likeness (QED) is 0.484. The average Bonchev–Trinajstić information content (AvgIpc) is 2.71. The summed E-state index contributed by atoms with van der Waals surface area (Å²) < 4.78 is 12.8. The Hall–Kier alpha value is -3.48. The van der Waals surface area contributed by atoms with Gasteiger partial charge in [-0.2, -0.15) is 0 Å². The van der Waals surface area contributed by atoms with E-state index in [1.54, 1.807) is 49.4 Å². The van der Waals surface area contributed by atoms with Crippen LogP contribution in [0.5, 0.6) is 0 Å². The molecule has 0 fully saturated rings. The number of hydrogen-bond acceptors (Lipinski definition) is 3. The van der Waals surface area contributed by atoms with Gasteiger partial charge in [-0.05, 0) is 48.0 Å². The Morgan fingerprint density at radius 1 is 0.929 bits per heavy atom. The Morgan fingerprint density at radius 2 is 1.57 bits per heavy atom. The summed E-state index contributed by atoms with van der Waals surface area (Å²) in [6, 6.07) is 12.2. The van der Waals surface area contributed by atoms with Crippen LogP contribution in [0, 0.1) is 5.82 Å². The van der Waals surface area contributed by atoms with Gasteiger partial charge in [0.1, 0.15) is 5.82 Å². The molecule has 0 spiro atoms. The lowest BCUT2D eigenvalue weighted by atomic mass is 10.2. The highest BCUT2D eigenvalue weighted by Crippen LogP contribution is 2.10. The molecule has 0 radical (unpaired) electrons. The van der Waals surface area contributed by atoms with Gasteiger partial charge in [-0.1, -0.05) is 19.1 Å². The lowest BCUT2D eigenvalue weighted by molar-refractivity contribution is -0.120. The topological polar surface area (TPSA) is 87.3 Å². The van der Waals surface area contributed by atoms with Gasteiger partial charge in [0.15, 0.2) is 0 Å². The fourth-order valence-electron chi connectivity index (χ4n) is 2.24. The minimum absolute atomic E-state index is 0.0668. The third-order valence-electron chi connectivity index (χ3n) is 3.77. The van der Waals surface area contributed by atoms with E-state index in [9.17, 15) is 18.8 Å². The third-order valence-corrected chi connectivity index (χ3v) is 3.77. The van der Waals surface area contributed by atoms with E-state index in [4.69, 9.17) is 0 Å². The van der Waals surface area contributed by atoms with Gasteiger partial charge in [0, 0.05) is 36.8 Å². The van der Waals surface area contributed by atoms with Crippen molar-refractivity contribution in [1.82, 2.24) is 10.6 Å². The van der Waals surface area contributed by atoms with Gasteiger partial charge in [0.2, 0.25) is 11.8 Å². The van der Waals surface area contributed by atoms with Gasteiger partial charge >= 0.3 is 0 Å². The first kappa shape index (κ1) is 20.8. The van der Waals surface area contributed by atoms with E-state index >= 15 is 0 Å². The molecule has 0 atom stereocenters. The molecule has 0 bridgehead atoms. The van der Waals surface area contributed by atoms with Gasteiger partial charge in [-0.15, -0.1) is 0 Å². The molecule has 0 unspecified atom stereocenters. The van der Waals surface area contributed by atoms with Crippen molar-refractivity contribution in [1.29, 1.82) is 0 Å². The van der Waals surface area contributed by atoms with Crippen molar-refractivity contribution in [3.05, 3.63) is 71.6 Å². The van der Waals surface area contributed by atoms with E-state index in [0.29, 0.717) is 36.3 Å². The number of carbonyl (C=O) groups is 3. The number of halogens is 1. The van der Waals surface area contributed by atoms with Gasteiger partial charge in [-0.25, -0.2) is 4.39 Å². The third kappa shape index (κ3) is 7.03. The number of carbonyl (C=O) groups excluding carboxylic acids is 3. The zero-order valence-corrected chi connectivity index (χ0v) is 15.5. The molecule has 2 rings (SSSR count).